The Kier molecular flexibility index (Phi) is 2.40. The zero-order chi connectivity index (χ0) is 9.80. The van der Waals surface area contributed by atoms with Crippen molar-refractivity contribution in [1.29, 1.82) is 0 Å². The lowest BCUT2D eigenvalue weighted by molar-refractivity contribution is 0.391. The van der Waals surface area contributed by atoms with E-state index in [1.807, 2.05) is 42.5 Å². The molecular formula is C11H10N2O. The summed E-state index contributed by atoms with van der Waals surface area (Å²) in [6.45, 7) is 1.77. The predicted molar refractivity (Wildman–Crippen MR) is 54.4 cm³/mol. The van der Waals surface area contributed by atoms with Crippen LogP contribution in [0.25, 0.3) is 12.2 Å². The van der Waals surface area contributed by atoms with E-state index in [0.29, 0.717) is 11.7 Å². The molecule has 3 nitrogen and oxygen atoms in total. The van der Waals surface area contributed by atoms with Crippen LogP contribution in [-0.4, -0.2) is 10.1 Å². The fraction of sp³-hybridized carbons (Fsp3) is 0.0909. The lowest BCUT2D eigenvalue weighted by Gasteiger charge is -1.88. The Hall–Kier alpha value is -1.90. The highest BCUT2D eigenvalue weighted by molar-refractivity contribution is 5.66. The molecule has 0 radical (unpaired) electrons. The lowest BCUT2D eigenvalue weighted by atomic mass is 10.2. The molecule has 0 bridgehead atoms. The first kappa shape index (κ1) is 8.69. The van der Waals surface area contributed by atoms with Crippen LogP contribution in [0.15, 0.2) is 34.9 Å². The maximum atomic E-state index is 4.84. The Bertz CT molecular complexity index is 432. The van der Waals surface area contributed by atoms with Crippen molar-refractivity contribution in [2.75, 3.05) is 0 Å². The highest BCUT2D eigenvalue weighted by Gasteiger charge is 1.95. The average molecular weight is 186 g/mol. The molecule has 70 valence electrons. The Labute approximate surface area is 82.1 Å². The van der Waals surface area contributed by atoms with Crippen molar-refractivity contribution in [3.63, 3.8) is 0 Å². The van der Waals surface area contributed by atoms with E-state index in [9.17, 15) is 0 Å². The zero-order valence-electron chi connectivity index (χ0n) is 7.84. The minimum atomic E-state index is 0.581. The molecule has 0 unspecified atom stereocenters. The number of hydrogen-bond donors (Lipinski definition) is 0. The summed E-state index contributed by atoms with van der Waals surface area (Å²) in [5, 5.41) is 3.76. The standard InChI is InChI=1S/C11H10N2O/c1-9-12-11(13-14-9)8-7-10-5-3-2-4-6-10/h2-8H,1H3/b8-7+. The van der Waals surface area contributed by atoms with Gasteiger partial charge < -0.3 is 4.52 Å². The summed E-state index contributed by atoms with van der Waals surface area (Å²) in [6.07, 6.45) is 3.77. The highest BCUT2D eigenvalue weighted by atomic mass is 16.5. The van der Waals surface area contributed by atoms with E-state index in [0.717, 1.165) is 5.56 Å². The van der Waals surface area contributed by atoms with Crippen LogP contribution in [0.3, 0.4) is 0 Å². The Morgan fingerprint density at radius 2 is 1.93 bits per heavy atom. The van der Waals surface area contributed by atoms with Crippen molar-refractivity contribution >= 4 is 12.2 Å². The molecule has 0 saturated carbocycles. The van der Waals surface area contributed by atoms with E-state index < -0.39 is 0 Å². The fourth-order valence-corrected chi connectivity index (χ4v) is 1.12. The van der Waals surface area contributed by atoms with Crippen LogP contribution >= 0.6 is 0 Å². The molecule has 0 aliphatic heterocycles. The van der Waals surface area contributed by atoms with Crippen molar-refractivity contribution in [2.45, 2.75) is 6.92 Å². The Balaban J connectivity index is 2.15. The van der Waals surface area contributed by atoms with Crippen molar-refractivity contribution in [2.24, 2.45) is 0 Å². The number of aryl methyl sites for hydroxylation is 1. The Morgan fingerprint density at radius 3 is 2.57 bits per heavy atom. The van der Waals surface area contributed by atoms with Gasteiger partial charge in [0.15, 0.2) is 5.82 Å². The van der Waals surface area contributed by atoms with Gasteiger partial charge in [0.05, 0.1) is 0 Å². The number of benzene rings is 1. The van der Waals surface area contributed by atoms with Crippen LogP contribution in [0.4, 0.5) is 0 Å². The molecule has 14 heavy (non-hydrogen) atoms. The second kappa shape index (κ2) is 3.87. The monoisotopic (exact) mass is 186 g/mol. The van der Waals surface area contributed by atoms with Crippen LogP contribution < -0.4 is 0 Å². The Morgan fingerprint density at radius 1 is 1.14 bits per heavy atom. The molecule has 0 saturated heterocycles. The summed E-state index contributed by atoms with van der Waals surface area (Å²) in [4.78, 5) is 4.06. The van der Waals surface area contributed by atoms with E-state index in [1.165, 1.54) is 0 Å². The normalized spacial score (nSPS) is 10.9. The minimum Gasteiger partial charge on any atom is -0.339 e. The van der Waals surface area contributed by atoms with Gasteiger partial charge in [-0.1, -0.05) is 41.6 Å². The summed E-state index contributed by atoms with van der Waals surface area (Å²) < 4.78 is 4.84. The van der Waals surface area contributed by atoms with E-state index >= 15 is 0 Å². The molecule has 0 amide bonds. The first-order chi connectivity index (χ1) is 6.84. The fourth-order valence-electron chi connectivity index (χ4n) is 1.12. The van der Waals surface area contributed by atoms with Gasteiger partial charge >= 0.3 is 0 Å². The molecule has 0 N–H and O–H groups in total. The third-order valence-electron chi connectivity index (χ3n) is 1.77. The van der Waals surface area contributed by atoms with Gasteiger partial charge in [-0.05, 0) is 11.6 Å². The van der Waals surface area contributed by atoms with Gasteiger partial charge in [0.2, 0.25) is 5.89 Å². The SMILES string of the molecule is Cc1nc(/C=C/c2ccccc2)no1. The largest absolute Gasteiger partial charge is 0.339 e. The molecule has 3 heteroatoms. The van der Waals surface area contributed by atoms with Crippen molar-refractivity contribution < 1.29 is 4.52 Å². The molecule has 0 aliphatic rings. The van der Waals surface area contributed by atoms with Gasteiger partial charge in [-0.25, -0.2) is 0 Å². The van der Waals surface area contributed by atoms with Crippen molar-refractivity contribution in [3.8, 4) is 0 Å². The van der Waals surface area contributed by atoms with Gasteiger partial charge in [-0.2, -0.15) is 4.98 Å². The maximum absolute atomic E-state index is 4.84. The molecule has 0 spiro atoms. The minimum absolute atomic E-state index is 0.581. The van der Waals surface area contributed by atoms with E-state index in [1.54, 1.807) is 6.92 Å². The van der Waals surface area contributed by atoms with Crippen LogP contribution in [0, 0.1) is 6.92 Å². The van der Waals surface area contributed by atoms with Gasteiger partial charge in [-0.3, -0.25) is 0 Å². The van der Waals surface area contributed by atoms with E-state index in [2.05, 4.69) is 10.1 Å². The third-order valence-corrected chi connectivity index (χ3v) is 1.77. The summed E-state index contributed by atoms with van der Waals surface area (Å²) in [7, 11) is 0. The van der Waals surface area contributed by atoms with Crippen LogP contribution in [0.1, 0.15) is 17.3 Å². The molecule has 0 fully saturated rings. The molecule has 1 aromatic carbocycles. The molecule has 2 aromatic rings. The molecule has 1 aromatic heterocycles. The molecule has 2 rings (SSSR count). The topological polar surface area (TPSA) is 38.9 Å². The van der Waals surface area contributed by atoms with Crippen LogP contribution in [0.2, 0.25) is 0 Å². The summed E-state index contributed by atoms with van der Waals surface area (Å²) in [5.74, 6) is 1.18. The zero-order valence-corrected chi connectivity index (χ0v) is 7.84. The first-order valence-corrected chi connectivity index (χ1v) is 4.38. The number of aromatic nitrogens is 2. The quantitative estimate of drug-likeness (QED) is 0.723. The molecular weight excluding hydrogens is 176 g/mol. The third kappa shape index (κ3) is 2.07. The van der Waals surface area contributed by atoms with Crippen LogP contribution in [-0.2, 0) is 0 Å². The average Bonchev–Trinajstić information content (AvgIpc) is 2.63. The summed E-state index contributed by atoms with van der Waals surface area (Å²) >= 11 is 0. The smallest absolute Gasteiger partial charge is 0.223 e. The first-order valence-electron chi connectivity index (χ1n) is 4.38. The van der Waals surface area contributed by atoms with Gasteiger partial charge in [0, 0.05) is 6.92 Å². The van der Waals surface area contributed by atoms with Gasteiger partial charge in [0.1, 0.15) is 0 Å². The predicted octanol–water partition coefficient (Wildman–Crippen LogP) is 2.55. The molecule has 1 heterocycles. The summed E-state index contributed by atoms with van der Waals surface area (Å²) in [6, 6.07) is 9.99. The molecule has 0 aliphatic carbocycles. The number of hydrogen-bond acceptors (Lipinski definition) is 3. The van der Waals surface area contributed by atoms with Crippen LogP contribution in [0.5, 0.6) is 0 Å². The second-order valence-electron chi connectivity index (χ2n) is 2.92. The lowest BCUT2D eigenvalue weighted by Crippen LogP contribution is -1.74. The van der Waals surface area contributed by atoms with Crippen molar-refractivity contribution in [3.05, 3.63) is 47.6 Å². The van der Waals surface area contributed by atoms with Gasteiger partial charge in [0.25, 0.3) is 0 Å². The number of nitrogens with zero attached hydrogens (tertiary/aromatic N) is 2. The van der Waals surface area contributed by atoms with E-state index in [4.69, 9.17) is 4.52 Å². The summed E-state index contributed by atoms with van der Waals surface area (Å²) in [5.41, 5.74) is 1.12. The van der Waals surface area contributed by atoms with Crippen molar-refractivity contribution in [1.82, 2.24) is 10.1 Å². The number of rotatable bonds is 2. The molecule has 0 atom stereocenters. The second-order valence-corrected chi connectivity index (χ2v) is 2.92. The highest BCUT2D eigenvalue weighted by Crippen LogP contribution is 2.04. The maximum Gasteiger partial charge on any atom is 0.223 e. The van der Waals surface area contributed by atoms with E-state index in [-0.39, 0.29) is 0 Å². The van der Waals surface area contributed by atoms with Gasteiger partial charge in [-0.15, -0.1) is 0 Å².